The molecule has 1 saturated carbocycles. The second-order valence-electron chi connectivity index (χ2n) is 8.27. The largest absolute Gasteiger partial charge is 0.482 e. The lowest BCUT2D eigenvalue weighted by molar-refractivity contribution is -0.140. The van der Waals surface area contributed by atoms with Crippen molar-refractivity contribution < 1.29 is 23.5 Å². The molecule has 1 N–H and O–H groups in total. The fourth-order valence-corrected chi connectivity index (χ4v) is 4.99. The third-order valence-corrected chi connectivity index (χ3v) is 6.49. The molecule has 2 aromatic rings. The van der Waals surface area contributed by atoms with Gasteiger partial charge in [0.25, 0.3) is 17.7 Å². The molecule has 2 aromatic carbocycles. The number of benzene rings is 2. The van der Waals surface area contributed by atoms with Gasteiger partial charge in [0.1, 0.15) is 11.6 Å². The first-order chi connectivity index (χ1) is 15.9. The average Bonchev–Trinajstić information content (AvgIpc) is 3.46. The molecule has 1 saturated heterocycles. The molecule has 3 aliphatic rings. The van der Waals surface area contributed by atoms with Crippen molar-refractivity contribution in [3.8, 4) is 5.75 Å². The Morgan fingerprint density at radius 1 is 1.15 bits per heavy atom. The van der Waals surface area contributed by atoms with Gasteiger partial charge >= 0.3 is 0 Å². The number of rotatable bonds is 6. The molecule has 4 atom stereocenters. The maximum atomic E-state index is 13.2. The number of fused-ring (bicyclic) bond motifs is 5. The lowest BCUT2D eigenvalue weighted by atomic mass is 9.85. The molecule has 33 heavy (non-hydrogen) atoms. The van der Waals surface area contributed by atoms with Gasteiger partial charge in [0.2, 0.25) is 0 Å². The molecule has 0 spiro atoms. The molecule has 3 amide bonds. The van der Waals surface area contributed by atoms with E-state index in [0.717, 1.165) is 11.4 Å². The minimum absolute atomic E-state index is 0.126. The Morgan fingerprint density at radius 3 is 2.55 bits per heavy atom. The number of hydrogen-bond acceptors (Lipinski definition) is 5. The second kappa shape index (κ2) is 8.44. The van der Waals surface area contributed by atoms with Crippen LogP contribution in [-0.4, -0.2) is 35.6 Å². The Labute approximate surface area is 193 Å². The number of hydrazone groups is 1. The minimum atomic E-state index is -0.470. The molecule has 0 radical (unpaired) electrons. The summed E-state index contributed by atoms with van der Waals surface area (Å²) in [5.41, 5.74) is 0.885. The molecule has 1 heterocycles. The van der Waals surface area contributed by atoms with Crippen molar-refractivity contribution in [1.82, 2.24) is 5.01 Å². The maximum absolute atomic E-state index is 13.2. The van der Waals surface area contributed by atoms with Gasteiger partial charge in [-0.25, -0.2) is 4.39 Å². The van der Waals surface area contributed by atoms with Gasteiger partial charge in [0.05, 0.1) is 23.1 Å². The summed E-state index contributed by atoms with van der Waals surface area (Å²) in [5, 5.41) is 7.85. The lowest BCUT2D eigenvalue weighted by Crippen LogP contribution is -2.28. The van der Waals surface area contributed by atoms with Crippen LogP contribution in [0.15, 0.2) is 59.7 Å². The summed E-state index contributed by atoms with van der Waals surface area (Å²) in [5.74, 6) is -1.53. The molecule has 2 bridgehead atoms. The Morgan fingerprint density at radius 2 is 1.88 bits per heavy atom. The number of allylic oxidation sites excluding steroid dienone is 2. The van der Waals surface area contributed by atoms with Crippen molar-refractivity contribution in [3.63, 3.8) is 0 Å². The van der Waals surface area contributed by atoms with Crippen LogP contribution in [0.4, 0.5) is 10.1 Å². The van der Waals surface area contributed by atoms with Gasteiger partial charge in [0.15, 0.2) is 6.61 Å². The number of amides is 3. The van der Waals surface area contributed by atoms with E-state index >= 15 is 0 Å². The molecule has 9 heteroatoms. The quantitative estimate of drug-likeness (QED) is 0.399. The molecule has 2 aliphatic carbocycles. The highest BCUT2D eigenvalue weighted by atomic mass is 35.5. The summed E-state index contributed by atoms with van der Waals surface area (Å²) in [6, 6.07) is 10.3. The van der Waals surface area contributed by atoms with E-state index in [2.05, 4.69) is 10.4 Å². The van der Waals surface area contributed by atoms with Crippen molar-refractivity contribution in [2.75, 3.05) is 11.9 Å². The maximum Gasteiger partial charge on any atom is 0.262 e. The van der Waals surface area contributed by atoms with Crippen molar-refractivity contribution >= 4 is 41.2 Å². The van der Waals surface area contributed by atoms with Gasteiger partial charge in [-0.2, -0.15) is 10.1 Å². The molecule has 2 fully saturated rings. The fourth-order valence-electron chi connectivity index (χ4n) is 4.75. The summed E-state index contributed by atoms with van der Waals surface area (Å²) in [6.07, 6.45) is 6.32. The summed E-state index contributed by atoms with van der Waals surface area (Å²) in [4.78, 5) is 37.4. The number of imide groups is 1. The lowest BCUT2D eigenvalue weighted by Gasteiger charge is -2.13. The molecular formula is C24H19ClFN3O4. The number of halogens is 2. The Kier molecular flexibility index (Phi) is 5.46. The van der Waals surface area contributed by atoms with Crippen LogP contribution in [0.2, 0.25) is 5.02 Å². The van der Waals surface area contributed by atoms with E-state index in [0.29, 0.717) is 11.3 Å². The zero-order chi connectivity index (χ0) is 23.1. The molecule has 5 rings (SSSR count). The Hall–Kier alpha value is -3.52. The third-order valence-electron chi connectivity index (χ3n) is 6.19. The first-order valence-corrected chi connectivity index (χ1v) is 10.9. The van der Waals surface area contributed by atoms with Crippen molar-refractivity contribution in [1.29, 1.82) is 0 Å². The monoisotopic (exact) mass is 467 g/mol. The molecule has 168 valence electrons. The standard InChI is InChI=1S/C24H19ClFN3O4/c25-18-8-13(4-7-19(18)33-12-20(30)28-17-3-1-2-16(26)10-17)11-27-29-23(31)21-14-5-6-15(9-14)22(21)24(29)32/h1-8,10-11,14-15,21-22H,9,12H2,(H,28,30). The van der Waals surface area contributed by atoms with E-state index in [1.807, 2.05) is 12.2 Å². The van der Waals surface area contributed by atoms with Crippen LogP contribution in [0.25, 0.3) is 0 Å². The number of carbonyl (C=O) groups is 3. The van der Waals surface area contributed by atoms with Crippen molar-refractivity contribution in [2.24, 2.45) is 28.8 Å². The fraction of sp³-hybridized carbons (Fsp3) is 0.250. The summed E-state index contributed by atoms with van der Waals surface area (Å²) < 4.78 is 18.6. The first-order valence-electron chi connectivity index (χ1n) is 10.5. The van der Waals surface area contributed by atoms with Gasteiger partial charge in [0, 0.05) is 5.69 Å². The van der Waals surface area contributed by atoms with Crippen LogP contribution in [0.1, 0.15) is 12.0 Å². The smallest absolute Gasteiger partial charge is 0.262 e. The highest BCUT2D eigenvalue weighted by Gasteiger charge is 2.59. The van der Waals surface area contributed by atoms with E-state index in [-0.39, 0.29) is 52.9 Å². The van der Waals surface area contributed by atoms with E-state index in [4.69, 9.17) is 16.3 Å². The van der Waals surface area contributed by atoms with Gasteiger partial charge in [-0.05, 0) is 60.2 Å². The molecule has 0 aromatic heterocycles. The Balaban J connectivity index is 1.20. The number of carbonyl (C=O) groups excluding carboxylic acids is 3. The molecule has 1 aliphatic heterocycles. The minimum Gasteiger partial charge on any atom is -0.482 e. The van der Waals surface area contributed by atoms with Gasteiger partial charge < -0.3 is 10.1 Å². The predicted octanol–water partition coefficient (Wildman–Crippen LogP) is 3.64. The second-order valence-corrected chi connectivity index (χ2v) is 8.68. The number of nitrogens with zero attached hydrogens (tertiary/aromatic N) is 2. The van der Waals surface area contributed by atoms with E-state index in [1.165, 1.54) is 24.4 Å². The van der Waals surface area contributed by atoms with E-state index in [9.17, 15) is 18.8 Å². The number of ether oxygens (including phenoxy) is 1. The van der Waals surface area contributed by atoms with Crippen LogP contribution < -0.4 is 10.1 Å². The zero-order valence-electron chi connectivity index (χ0n) is 17.3. The van der Waals surface area contributed by atoms with Gasteiger partial charge in [-0.3, -0.25) is 14.4 Å². The van der Waals surface area contributed by atoms with Crippen LogP contribution in [0, 0.1) is 29.5 Å². The van der Waals surface area contributed by atoms with Crippen molar-refractivity contribution in [2.45, 2.75) is 6.42 Å². The van der Waals surface area contributed by atoms with E-state index in [1.54, 1.807) is 24.3 Å². The first kappa shape index (κ1) is 21.3. The van der Waals surface area contributed by atoms with Crippen LogP contribution >= 0.6 is 11.6 Å². The Bertz CT molecular complexity index is 1180. The van der Waals surface area contributed by atoms with Gasteiger partial charge in [-0.15, -0.1) is 0 Å². The number of nitrogens with one attached hydrogen (secondary N) is 1. The predicted molar refractivity (Wildman–Crippen MR) is 119 cm³/mol. The number of anilines is 1. The van der Waals surface area contributed by atoms with E-state index < -0.39 is 11.7 Å². The topological polar surface area (TPSA) is 88.1 Å². The zero-order valence-corrected chi connectivity index (χ0v) is 18.0. The van der Waals surface area contributed by atoms with Crippen LogP contribution in [0.5, 0.6) is 5.75 Å². The SMILES string of the molecule is O=C(COc1ccc(C=NN2C(=O)C3C4C=CC(C4)C3C2=O)cc1Cl)Nc1cccc(F)c1. The number of hydrogen-bond donors (Lipinski definition) is 1. The molecule has 7 nitrogen and oxygen atoms in total. The molecular weight excluding hydrogens is 449 g/mol. The van der Waals surface area contributed by atoms with Crippen molar-refractivity contribution in [3.05, 3.63) is 71.0 Å². The third kappa shape index (κ3) is 4.02. The normalized spacial score (nSPS) is 25.2. The summed E-state index contributed by atoms with van der Waals surface area (Å²) >= 11 is 6.25. The van der Waals surface area contributed by atoms with Crippen LogP contribution in [-0.2, 0) is 14.4 Å². The average molecular weight is 468 g/mol. The van der Waals surface area contributed by atoms with Gasteiger partial charge in [-0.1, -0.05) is 29.8 Å². The highest BCUT2D eigenvalue weighted by molar-refractivity contribution is 6.32. The molecule has 4 unspecified atom stereocenters. The summed E-state index contributed by atoms with van der Waals surface area (Å²) in [7, 11) is 0. The highest BCUT2D eigenvalue weighted by Crippen LogP contribution is 2.52. The van der Waals surface area contributed by atoms with Crippen LogP contribution in [0.3, 0.4) is 0 Å². The summed E-state index contributed by atoms with van der Waals surface area (Å²) in [6.45, 7) is -0.320.